The zero-order valence-corrected chi connectivity index (χ0v) is 18.1. The fraction of sp³-hybridized carbons (Fsp3) is 0.304. The van der Waals surface area contributed by atoms with E-state index in [9.17, 15) is 18.8 Å². The first-order valence-corrected chi connectivity index (χ1v) is 10.4. The van der Waals surface area contributed by atoms with Gasteiger partial charge in [-0.3, -0.25) is 19.3 Å². The lowest BCUT2D eigenvalue weighted by atomic mass is 9.90. The fourth-order valence-corrected chi connectivity index (χ4v) is 4.48. The van der Waals surface area contributed by atoms with Gasteiger partial charge >= 0.3 is 0 Å². The van der Waals surface area contributed by atoms with Crippen LogP contribution in [-0.2, 0) is 20.9 Å². The molecule has 7 nitrogen and oxygen atoms in total. The third-order valence-corrected chi connectivity index (χ3v) is 6.32. The summed E-state index contributed by atoms with van der Waals surface area (Å²) in [6, 6.07) is 12.6. The number of hydrogen-bond acceptors (Lipinski definition) is 4. The van der Waals surface area contributed by atoms with Crippen LogP contribution in [0.1, 0.15) is 24.5 Å². The molecule has 2 aromatic carbocycles. The van der Waals surface area contributed by atoms with Gasteiger partial charge in [-0.1, -0.05) is 23.7 Å². The molecular formula is C23H20ClFN4O3. The average Bonchev–Trinajstić information content (AvgIpc) is 3.22. The third kappa shape index (κ3) is 3.69. The molecule has 164 valence electrons. The van der Waals surface area contributed by atoms with Crippen molar-refractivity contribution in [1.82, 2.24) is 9.80 Å². The lowest BCUT2D eigenvalue weighted by Crippen LogP contribution is -2.69. The number of benzene rings is 2. The first-order chi connectivity index (χ1) is 15.2. The van der Waals surface area contributed by atoms with Crippen molar-refractivity contribution in [3.05, 3.63) is 64.4 Å². The van der Waals surface area contributed by atoms with Crippen molar-refractivity contribution < 1.29 is 18.8 Å². The third-order valence-electron chi connectivity index (χ3n) is 6.07. The second-order valence-electron chi connectivity index (χ2n) is 8.00. The number of nitrogens with zero attached hydrogens (tertiary/aromatic N) is 4. The molecule has 0 aliphatic carbocycles. The van der Waals surface area contributed by atoms with Gasteiger partial charge in [-0.05, 0) is 42.3 Å². The van der Waals surface area contributed by atoms with Crippen LogP contribution in [0.15, 0.2) is 42.5 Å². The lowest BCUT2D eigenvalue weighted by Gasteiger charge is -2.47. The zero-order chi connectivity index (χ0) is 23.0. The number of rotatable bonds is 3. The second kappa shape index (κ2) is 8.24. The summed E-state index contributed by atoms with van der Waals surface area (Å²) in [5.74, 6) is -1.75. The van der Waals surface area contributed by atoms with Gasteiger partial charge in [0.1, 0.15) is 17.9 Å². The van der Waals surface area contributed by atoms with Crippen LogP contribution in [0.4, 0.5) is 10.1 Å². The molecule has 2 saturated heterocycles. The minimum Gasteiger partial charge on any atom is -0.340 e. The van der Waals surface area contributed by atoms with Gasteiger partial charge in [-0.25, -0.2) is 4.39 Å². The van der Waals surface area contributed by atoms with Crippen molar-refractivity contribution in [2.45, 2.75) is 25.4 Å². The van der Waals surface area contributed by atoms with Crippen LogP contribution >= 0.6 is 11.6 Å². The van der Waals surface area contributed by atoms with E-state index in [1.54, 1.807) is 24.3 Å². The molecule has 0 radical (unpaired) electrons. The fourth-order valence-electron chi connectivity index (χ4n) is 4.36. The maximum absolute atomic E-state index is 14.7. The number of hydrogen-bond donors (Lipinski definition) is 0. The quantitative estimate of drug-likeness (QED) is 0.713. The summed E-state index contributed by atoms with van der Waals surface area (Å²) in [4.78, 5) is 43.2. The highest BCUT2D eigenvalue weighted by atomic mass is 35.5. The number of halogens is 2. The molecule has 1 unspecified atom stereocenters. The molecule has 1 atom stereocenters. The van der Waals surface area contributed by atoms with Gasteiger partial charge in [0.2, 0.25) is 11.8 Å². The molecule has 9 heteroatoms. The standard InChI is InChI=1S/C23H20ClFN4O3/c1-15(30)27-9-8-23(14-27)22(32)28(20-7-4-17(11-26)10-19(20)25)13-21(31)29(23)12-16-2-5-18(24)6-3-16/h2-7,10H,8-9,12-14H2,1H3. The Morgan fingerprint density at radius 2 is 1.94 bits per heavy atom. The van der Waals surface area contributed by atoms with Gasteiger partial charge < -0.3 is 9.80 Å². The molecule has 32 heavy (non-hydrogen) atoms. The summed E-state index contributed by atoms with van der Waals surface area (Å²) in [7, 11) is 0. The Morgan fingerprint density at radius 3 is 2.53 bits per heavy atom. The molecule has 3 amide bonds. The van der Waals surface area contributed by atoms with E-state index < -0.39 is 17.3 Å². The monoisotopic (exact) mass is 454 g/mol. The van der Waals surface area contributed by atoms with Gasteiger partial charge in [0.25, 0.3) is 5.91 Å². The van der Waals surface area contributed by atoms with Crippen LogP contribution in [0.3, 0.4) is 0 Å². The molecule has 4 rings (SSSR count). The van der Waals surface area contributed by atoms with E-state index >= 15 is 0 Å². The van der Waals surface area contributed by atoms with Crippen molar-refractivity contribution in [3.8, 4) is 6.07 Å². The molecule has 2 aromatic rings. The second-order valence-corrected chi connectivity index (χ2v) is 8.43. The smallest absolute Gasteiger partial charge is 0.255 e. The molecular weight excluding hydrogens is 435 g/mol. The molecule has 0 N–H and O–H groups in total. The molecule has 0 aromatic heterocycles. The van der Waals surface area contributed by atoms with E-state index in [-0.39, 0.29) is 49.1 Å². The van der Waals surface area contributed by atoms with Crippen molar-refractivity contribution in [1.29, 1.82) is 5.26 Å². The van der Waals surface area contributed by atoms with Crippen LogP contribution in [0.25, 0.3) is 0 Å². The van der Waals surface area contributed by atoms with Crippen molar-refractivity contribution in [2.24, 2.45) is 0 Å². The lowest BCUT2D eigenvalue weighted by molar-refractivity contribution is -0.151. The highest BCUT2D eigenvalue weighted by Gasteiger charge is 2.56. The number of carbonyl (C=O) groups excluding carboxylic acids is 3. The molecule has 1 spiro atoms. The van der Waals surface area contributed by atoms with Crippen LogP contribution in [0, 0.1) is 17.1 Å². The van der Waals surface area contributed by atoms with Gasteiger partial charge in [0.05, 0.1) is 23.9 Å². The Labute approximate surface area is 189 Å². The predicted octanol–water partition coefficient (Wildman–Crippen LogP) is 2.72. The average molecular weight is 455 g/mol. The summed E-state index contributed by atoms with van der Waals surface area (Å²) in [5, 5.41) is 9.55. The number of likely N-dealkylation sites (tertiary alicyclic amines) is 1. The Balaban J connectivity index is 1.74. The summed E-state index contributed by atoms with van der Waals surface area (Å²) in [6.07, 6.45) is 0.249. The molecule has 2 aliphatic heterocycles. The maximum Gasteiger partial charge on any atom is 0.255 e. The highest BCUT2D eigenvalue weighted by Crippen LogP contribution is 2.37. The highest BCUT2D eigenvalue weighted by molar-refractivity contribution is 6.30. The number of nitriles is 1. The minimum absolute atomic E-state index is 0.0366. The normalized spacial score (nSPS) is 20.8. The van der Waals surface area contributed by atoms with E-state index in [1.165, 1.54) is 28.9 Å². The summed E-state index contributed by atoms with van der Waals surface area (Å²) in [6.45, 7) is 1.59. The summed E-state index contributed by atoms with van der Waals surface area (Å²) < 4.78 is 14.7. The largest absolute Gasteiger partial charge is 0.340 e. The van der Waals surface area contributed by atoms with Crippen LogP contribution in [0.5, 0.6) is 0 Å². The van der Waals surface area contributed by atoms with Gasteiger partial charge in [-0.15, -0.1) is 0 Å². The number of amides is 3. The van der Waals surface area contributed by atoms with Gasteiger partial charge in [-0.2, -0.15) is 5.26 Å². The van der Waals surface area contributed by atoms with Crippen LogP contribution < -0.4 is 4.90 Å². The Bertz CT molecular complexity index is 1150. The molecule has 0 bridgehead atoms. The summed E-state index contributed by atoms with van der Waals surface area (Å²) in [5.41, 5.74) is -0.464. The number of carbonyl (C=O) groups is 3. The van der Waals surface area contributed by atoms with Crippen molar-refractivity contribution in [3.63, 3.8) is 0 Å². The van der Waals surface area contributed by atoms with E-state index in [1.807, 2.05) is 6.07 Å². The summed E-state index contributed by atoms with van der Waals surface area (Å²) >= 11 is 5.96. The van der Waals surface area contributed by atoms with E-state index in [2.05, 4.69) is 0 Å². The Morgan fingerprint density at radius 1 is 1.22 bits per heavy atom. The molecule has 2 heterocycles. The first-order valence-electron chi connectivity index (χ1n) is 10.1. The van der Waals surface area contributed by atoms with Crippen LogP contribution in [0.2, 0.25) is 5.02 Å². The van der Waals surface area contributed by atoms with E-state index in [4.69, 9.17) is 16.9 Å². The Hall–Kier alpha value is -3.44. The first kappa shape index (κ1) is 21.8. The van der Waals surface area contributed by atoms with E-state index in [0.717, 1.165) is 16.5 Å². The Kier molecular flexibility index (Phi) is 5.61. The zero-order valence-electron chi connectivity index (χ0n) is 17.3. The minimum atomic E-state index is -1.30. The number of piperazine rings is 1. The SMILES string of the molecule is CC(=O)N1CCC2(C1)C(=O)N(c1ccc(C#N)cc1F)CC(=O)N2Cc1ccc(Cl)cc1. The van der Waals surface area contributed by atoms with E-state index in [0.29, 0.717) is 11.6 Å². The number of anilines is 1. The molecule has 2 fully saturated rings. The van der Waals surface area contributed by atoms with Crippen molar-refractivity contribution >= 4 is 35.0 Å². The topological polar surface area (TPSA) is 84.7 Å². The van der Waals surface area contributed by atoms with Crippen LogP contribution in [-0.4, -0.2) is 52.7 Å². The van der Waals surface area contributed by atoms with Gasteiger partial charge in [0, 0.05) is 25.0 Å². The predicted molar refractivity (Wildman–Crippen MR) is 115 cm³/mol. The molecule has 2 aliphatic rings. The van der Waals surface area contributed by atoms with Gasteiger partial charge in [0.15, 0.2) is 0 Å². The molecule has 0 saturated carbocycles. The van der Waals surface area contributed by atoms with Crippen molar-refractivity contribution in [2.75, 3.05) is 24.5 Å². The maximum atomic E-state index is 14.7.